The maximum absolute atomic E-state index is 11.4. The Bertz CT molecular complexity index is 397. The number of hydrogen-bond acceptors (Lipinski definition) is 3. The smallest absolute Gasteiger partial charge is 0.166 e. The van der Waals surface area contributed by atoms with Gasteiger partial charge in [0.1, 0.15) is 5.76 Å². The van der Waals surface area contributed by atoms with Gasteiger partial charge < -0.3 is 10.2 Å². The van der Waals surface area contributed by atoms with Crippen LogP contribution in [0.25, 0.3) is 0 Å². The molecular formula is C11H10O3. The zero-order valence-corrected chi connectivity index (χ0v) is 7.47. The quantitative estimate of drug-likeness (QED) is 0.453. The summed E-state index contributed by atoms with van der Waals surface area (Å²) in [5.74, 6) is 0.0492. The molecule has 3 nitrogen and oxygen atoms in total. The second kappa shape index (κ2) is 3.18. The molecule has 2 rings (SSSR count). The van der Waals surface area contributed by atoms with Gasteiger partial charge in [-0.15, -0.1) is 0 Å². The molecule has 0 heterocycles. The zero-order valence-electron chi connectivity index (χ0n) is 7.47. The third kappa shape index (κ3) is 1.37. The molecule has 0 amide bonds. The van der Waals surface area contributed by atoms with Gasteiger partial charge in [0.25, 0.3) is 0 Å². The number of hydrogen-bond donors (Lipinski definition) is 2. The molecule has 0 radical (unpaired) electrons. The highest BCUT2D eigenvalue weighted by molar-refractivity contribution is 5.99. The molecule has 2 aliphatic carbocycles. The third-order valence-electron chi connectivity index (χ3n) is 2.44. The van der Waals surface area contributed by atoms with E-state index in [0.717, 1.165) is 11.8 Å². The van der Waals surface area contributed by atoms with E-state index in [0.29, 0.717) is 12.0 Å². The van der Waals surface area contributed by atoms with Crippen molar-refractivity contribution in [1.29, 1.82) is 0 Å². The third-order valence-corrected chi connectivity index (χ3v) is 2.44. The summed E-state index contributed by atoms with van der Waals surface area (Å²) in [5, 5.41) is 18.0. The fourth-order valence-corrected chi connectivity index (χ4v) is 1.68. The van der Waals surface area contributed by atoms with Crippen LogP contribution in [0.1, 0.15) is 6.42 Å². The summed E-state index contributed by atoms with van der Waals surface area (Å²) in [6.45, 7) is 0. The second-order valence-corrected chi connectivity index (χ2v) is 3.39. The Hall–Kier alpha value is -1.77. The number of allylic oxidation sites excluding steroid dienone is 6. The van der Waals surface area contributed by atoms with Gasteiger partial charge in [-0.2, -0.15) is 0 Å². The molecular weight excluding hydrogens is 180 g/mol. The Morgan fingerprint density at radius 3 is 2.93 bits per heavy atom. The highest BCUT2D eigenvalue weighted by Crippen LogP contribution is 2.31. The number of aliphatic hydroxyl groups is 2. The van der Waals surface area contributed by atoms with Crippen LogP contribution < -0.4 is 0 Å². The van der Waals surface area contributed by atoms with Crippen LogP contribution in [0.4, 0.5) is 0 Å². The van der Waals surface area contributed by atoms with Gasteiger partial charge in [0.05, 0.1) is 11.8 Å². The van der Waals surface area contributed by atoms with Crippen LogP contribution in [0.2, 0.25) is 0 Å². The lowest BCUT2D eigenvalue weighted by atomic mass is 9.82. The average Bonchev–Trinajstić information content (AvgIpc) is 2.16. The fourth-order valence-electron chi connectivity index (χ4n) is 1.68. The van der Waals surface area contributed by atoms with Gasteiger partial charge in [0.15, 0.2) is 5.78 Å². The molecule has 0 spiro atoms. The Morgan fingerprint density at radius 1 is 1.43 bits per heavy atom. The first-order valence-electron chi connectivity index (χ1n) is 4.39. The zero-order chi connectivity index (χ0) is 10.1. The summed E-state index contributed by atoms with van der Waals surface area (Å²) in [7, 11) is 0. The number of Topliss-reactive ketones (excluding diaryl/α,β-unsaturated/α-hetero) is 1. The van der Waals surface area contributed by atoms with E-state index in [4.69, 9.17) is 5.11 Å². The maximum atomic E-state index is 11.4. The first-order valence-corrected chi connectivity index (χ1v) is 4.39. The Labute approximate surface area is 81.4 Å². The van der Waals surface area contributed by atoms with E-state index < -0.39 is 0 Å². The Balaban J connectivity index is 2.40. The second-order valence-electron chi connectivity index (χ2n) is 3.39. The van der Waals surface area contributed by atoms with Crippen LogP contribution in [-0.4, -0.2) is 16.0 Å². The first kappa shape index (κ1) is 8.81. The summed E-state index contributed by atoms with van der Waals surface area (Å²) in [5.41, 5.74) is 1.28. The van der Waals surface area contributed by atoms with Gasteiger partial charge in [-0.3, -0.25) is 4.79 Å². The van der Waals surface area contributed by atoms with Crippen LogP contribution in [0.5, 0.6) is 0 Å². The standard InChI is InChI=1S/C11H10O3/c12-6-9-3-7-1-2-10(13)4-8(7)5-11(9)14/h1-4,6,8,12-13H,5H2. The van der Waals surface area contributed by atoms with E-state index in [2.05, 4.69) is 0 Å². The van der Waals surface area contributed by atoms with E-state index in [-0.39, 0.29) is 17.5 Å². The van der Waals surface area contributed by atoms with E-state index in [1.807, 2.05) is 0 Å². The summed E-state index contributed by atoms with van der Waals surface area (Å²) in [4.78, 5) is 11.4. The molecule has 14 heavy (non-hydrogen) atoms. The molecule has 2 N–H and O–H groups in total. The molecule has 0 aromatic heterocycles. The lowest BCUT2D eigenvalue weighted by Crippen LogP contribution is -2.17. The minimum absolute atomic E-state index is 0.0452. The molecule has 0 bridgehead atoms. The predicted octanol–water partition coefficient (Wildman–Crippen LogP) is 1.96. The molecule has 0 saturated carbocycles. The number of aliphatic hydroxyl groups excluding tert-OH is 2. The van der Waals surface area contributed by atoms with Crippen LogP contribution in [0.3, 0.4) is 0 Å². The number of ketones is 1. The molecule has 0 fully saturated rings. The molecule has 0 saturated heterocycles. The van der Waals surface area contributed by atoms with Gasteiger partial charge in [0, 0.05) is 12.3 Å². The lowest BCUT2D eigenvalue weighted by Gasteiger charge is -2.22. The number of fused-ring (bicyclic) bond motifs is 1. The summed E-state index contributed by atoms with van der Waals surface area (Å²) in [6, 6.07) is 0. The van der Waals surface area contributed by atoms with Crippen molar-refractivity contribution in [2.75, 3.05) is 0 Å². The van der Waals surface area contributed by atoms with Crippen molar-refractivity contribution < 1.29 is 15.0 Å². The minimum atomic E-state index is -0.0967. The van der Waals surface area contributed by atoms with E-state index >= 15 is 0 Å². The van der Waals surface area contributed by atoms with Crippen molar-refractivity contribution in [3.05, 3.63) is 47.5 Å². The highest BCUT2D eigenvalue weighted by atomic mass is 16.3. The van der Waals surface area contributed by atoms with Gasteiger partial charge in [-0.05, 0) is 23.8 Å². The van der Waals surface area contributed by atoms with Gasteiger partial charge in [-0.25, -0.2) is 0 Å². The van der Waals surface area contributed by atoms with Crippen LogP contribution in [0.15, 0.2) is 47.5 Å². The predicted molar refractivity (Wildman–Crippen MR) is 51.8 cm³/mol. The number of carbonyl (C=O) groups excluding carboxylic acids is 1. The van der Waals surface area contributed by atoms with Crippen molar-refractivity contribution in [3.63, 3.8) is 0 Å². The summed E-state index contributed by atoms with van der Waals surface area (Å²) in [6.07, 6.45) is 7.78. The van der Waals surface area contributed by atoms with Crippen LogP contribution in [-0.2, 0) is 4.79 Å². The molecule has 0 aromatic carbocycles. The lowest BCUT2D eigenvalue weighted by molar-refractivity contribution is -0.116. The molecule has 1 atom stereocenters. The van der Waals surface area contributed by atoms with Crippen molar-refractivity contribution in [1.82, 2.24) is 0 Å². The van der Waals surface area contributed by atoms with Crippen LogP contribution >= 0.6 is 0 Å². The van der Waals surface area contributed by atoms with Crippen molar-refractivity contribution in [2.45, 2.75) is 6.42 Å². The number of rotatable bonds is 0. The molecule has 2 aliphatic rings. The van der Waals surface area contributed by atoms with Gasteiger partial charge >= 0.3 is 0 Å². The Kier molecular flexibility index (Phi) is 2.00. The van der Waals surface area contributed by atoms with Crippen molar-refractivity contribution >= 4 is 5.78 Å². The highest BCUT2D eigenvalue weighted by Gasteiger charge is 2.24. The topological polar surface area (TPSA) is 57.5 Å². The van der Waals surface area contributed by atoms with Crippen molar-refractivity contribution in [3.8, 4) is 0 Å². The average molecular weight is 190 g/mol. The summed E-state index contributed by atoms with van der Waals surface area (Å²) >= 11 is 0. The molecule has 0 aliphatic heterocycles. The maximum Gasteiger partial charge on any atom is 0.166 e. The molecule has 72 valence electrons. The number of carbonyl (C=O) groups is 1. The van der Waals surface area contributed by atoms with Crippen LogP contribution in [0, 0.1) is 5.92 Å². The largest absolute Gasteiger partial charge is 0.515 e. The van der Waals surface area contributed by atoms with E-state index in [1.165, 1.54) is 0 Å². The van der Waals surface area contributed by atoms with Gasteiger partial charge in [0.2, 0.25) is 0 Å². The molecule has 0 aromatic rings. The monoisotopic (exact) mass is 190 g/mol. The molecule has 3 heteroatoms. The van der Waals surface area contributed by atoms with Crippen molar-refractivity contribution in [2.24, 2.45) is 5.92 Å². The Morgan fingerprint density at radius 2 is 2.21 bits per heavy atom. The first-order chi connectivity index (χ1) is 6.70. The summed E-state index contributed by atoms with van der Waals surface area (Å²) < 4.78 is 0. The minimum Gasteiger partial charge on any atom is -0.515 e. The van der Waals surface area contributed by atoms with E-state index in [9.17, 15) is 9.90 Å². The fraction of sp³-hybridized carbons (Fsp3) is 0.182. The molecule has 1 unspecified atom stereocenters. The van der Waals surface area contributed by atoms with E-state index in [1.54, 1.807) is 24.3 Å². The van der Waals surface area contributed by atoms with Gasteiger partial charge in [-0.1, -0.05) is 6.08 Å². The normalized spacial score (nSPS) is 28.4. The SMILES string of the molecule is O=C1CC2C=C(O)C=CC2=CC1=CO.